The highest BCUT2D eigenvalue weighted by Gasteiger charge is 2.19. The lowest BCUT2D eigenvalue weighted by Gasteiger charge is -2.22. The van der Waals surface area contributed by atoms with Crippen molar-refractivity contribution in [2.24, 2.45) is 10.2 Å². The van der Waals surface area contributed by atoms with Crippen molar-refractivity contribution in [3.8, 4) is 0 Å². The molecule has 0 atom stereocenters. The monoisotopic (exact) mass is 239 g/mol. The molecule has 0 amide bonds. The molecule has 1 aliphatic heterocycles. The van der Waals surface area contributed by atoms with E-state index >= 15 is 0 Å². The van der Waals surface area contributed by atoms with E-state index < -0.39 is 9.06 Å². The van der Waals surface area contributed by atoms with E-state index in [-0.39, 0.29) is 0 Å². The van der Waals surface area contributed by atoms with Crippen LogP contribution >= 0.6 is 20.7 Å². The lowest BCUT2D eigenvalue weighted by atomic mass is 10.1. The molecule has 0 aromatic heterocycles. The van der Waals surface area contributed by atoms with Gasteiger partial charge in [-0.25, -0.2) is 0 Å². The number of nitrogens with two attached hydrogens (primary N) is 1. The average Bonchev–Trinajstić information content (AvgIpc) is 2.58. The summed E-state index contributed by atoms with van der Waals surface area (Å²) >= 11 is 4.59. The highest BCUT2D eigenvalue weighted by Crippen LogP contribution is 2.53. The second kappa shape index (κ2) is 3.90. The quantitative estimate of drug-likeness (QED) is 0.465. The van der Waals surface area contributed by atoms with Crippen LogP contribution in [0.4, 0.5) is 5.69 Å². The number of aryl methyl sites for hydroxylation is 1. The van der Waals surface area contributed by atoms with Crippen molar-refractivity contribution in [2.75, 3.05) is 5.73 Å². The van der Waals surface area contributed by atoms with Crippen LogP contribution in [0.2, 0.25) is 0 Å². The molecule has 2 N–H and O–H groups in total. The van der Waals surface area contributed by atoms with Crippen LogP contribution in [0.5, 0.6) is 0 Å². The maximum atomic E-state index is 5.95. The molecule has 1 heterocycles. The molecule has 1 aromatic rings. The molecule has 0 fully saturated rings. The molecule has 0 saturated carbocycles. The Bertz CT molecular complexity index is 428. The average molecular weight is 239 g/mol. The molecule has 1 aromatic carbocycles. The summed E-state index contributed by atoms with van der Waals surface area (Å²) in [6.45, 7) is 2.03. The van der Waals surface area contributed by atoms with Crippen LogP contribution in [0.15, 0.2) is 28.4 Å². The first kappa shape index (κ1) is 10.6. The summed E-state index contributed by atoms with van der Waals surface area (Å²) in [5.74, 6) is 0.801. The van der Waals surface area contributed by atoms with Crippen LogP contribution < -0.4 is 5.73 Å². The van der Waals surface area contributed by atoms with Crippen molar-refractivity contribution >= 4 is 37.5 Å². The first-order chi connectivity index (χ1) is 7.09. The molecular formula is C10H13N3S2. The zero-order valence-corrected chi connectivity index (χ0v) is 10.1. The van der Waals surface area contributed by atoms with Crippen molar-refractivity contribution in [3.05, 3.63) is 29.3 Å². The lowest BCUT2D eigenvalue weighted by Crippen LogP contribution is -2.00. The van der Waals surface area contributed by atoms with Gasteiger partial charge in [0.05, 0.1) is 11.1 Å². The normalized spacial score (nSPS) is 19.3. The zero-order chi connectivity index (χ0) is 10.9. The molecule has 1 aliphatic rings. The molecule has 0 spiro atoms. The third kappa shape index (κ3) is 2.35. The van der Waals surface area contributed by atoms with E-state index in [0.717, 1.165) is 17.0 Å². The molecule has 3 nitrogen and oxygen atoms in total. The van der Waals surface area contributed by atoms with Gasteiger partial charge < -0.3 is 5.73 Å². The Morgan fingerprint density at radius 3 is 2.60 bits per heavy atom. The Morgan fingerprint density at radius 1 is 1.33 bits per heavy atom. The van der Waals surface area contributed by atoms with Crippen LogP contribution in [0.25, 0.3) is 0 Å². The summed E-state index contributed by atoms with van der Waals surface area (Å²) in [4.78, 5) is 0. The van der Waals surface area contributed by atoms with Crippen LogP contribution in [0, 0.1) is 6.92 Å². The van der Waals surface area contributed by atoms with Gasteiger partial charge >= 0.3 is 0 Å². The topological polar surface area (TPSA) is 50.7 Å². The van der Waals surface area contributed by atoms with E-state index in [4.69, 9.17) is 5.73 Å². The smallest absolute Gasteiger partial charge is 0.0793 e. The van der Waals surface area contributed by atoms with Gasteiger partial charge in [0, 0.05) is 11.4 Å². The van der Waals surface area contributed by atoms with Crippen molar-refractivity contribution in [2.45, 2.75) is 12.7 Å². The van der Waals surface area contributed by atoms with Gasteiger partial charge in [0.15, 0.2) is 0 Å². The minimum atomic E-state index is -1.26. The van der Waals surface area contributed by atoms with Gasteiger partial charge in [0.25, 0.3) is 0 Å². The first-order valence-corrected chi connectivity index (χ1v) is 7.52. The standard InChI is InChI=1S/C10H13N3S2/c1-8-2-3-9(10(11)4-8)5-15(14)6-12-13-7-15/h2-4,6-7,14H,5,11H2,1H3. The number of benzene rings is 1. The maximum Gasteiger partial charge on any atom is 0.0793 e. The highest BCUT2D eigenvalue weighted by molar-refractivity contribution is 8.98. The summed E-state index contributed by atoms with van der Waals surface area (Å²) in [7, 11) is -1.26. The third-order valence-electron chi connectivity index (χ3n) is 2.21. The van der Waals surface area contributed by atoms with E-state index in [9.17, 15) is 0 Å². The van der Waals surface area contributed by atoms with E-state index in [1.807, 2.05) is 24.1 Å². The van der Waals surface area contributed by atoms with Gasteiger partial charge in [-0.1, -0.05) is 12.1 Å². The number of hydrogen-bond donors (Lipinski definition) is 2. The van der Waals surface area contributed by atoms with Crippen LogP contribution in [0.1, 0.15) is 11.1 Å². The summed E-state index contributed by atoms with van der Waals surface area (Å²) in [6, 6.07) is 6.09. The molecule has 0 saturated heterocycles. The number of anilines is 1. The van der Waals surface area contributed by atoms with Crippen LogP contribution in [-0.4, -0.2) is 11.1 Å². The number of thiol groups is 1. The Balaban J connectivity index is 2.25. The molecule has 15 heavy (non-hydrogen) atoms. The molecule has 0 bridgehead atoms. The summed E-state index contributed by atoms with van der Waals surface area (Å²) in [5.41, 5.74) is 12.7. The lowest BCUT2D eigenvalue weighted by molar-refractivity contribution is 1.29. The predicted molar refractivity (Wildman–Crippen MR) is 72.9 cm³/mol. The molecule has 0 aliphatic carbocycles. The van der Waals surface area contributed by atoms with E-state index in [1.54, 1.807) is 0 Å². The van der Waals surface area contributed by atoms with Gasteiger partial charge in [-0.2, -0.15) is 10.2 Å². The fourth-order valence-corrected chi connectivity index (χ4v) is 3.48. The summed E-state index contributed by atoms with van der Waals surface area (Å²) < 4.78 is 0. The predicted octanol–water partition coefficient (Wildman–Crippen LogP) is 2.71. The molecule has 80 valence electrons. The van der Waals surface area contributed by atoms with Gasteiger partial charge in [-0.3, -0.25) is 0 Å². The molecular weight excluding hydrogens is 226 g/mol. The number of hydrogen-bond acceptors (Lipinski definition) is 4. The fraction of sp³-hybridized carbons (Fsp3) is 0.200. The number of rotatable bonds is 2. The molecule has 5 heteroatoms. The minimum Gasteiger partial charge on any atom is -0.398 e. The van der Waals surface area contributed by atoms with E-state index in [1.165, 1.54) is 5.56 Å². The van der Waals surface area contributed by atoms with Crippen molar-refractivity contribution in [1.29, 1.82) is 0 Å². The van der Waals surface area contributed by atoms with Crippen LogP contribution in [-0.2, 0) is 5.75 Å². The van der Waals surface area contributed by atoms with Gasteiger partial charge in [0.1, 0.15) is 0 Å². The summed E-state index contributed by atoms with van der Waals surface area (Å²) in [5, 5.41) is 7.69. The third-order valence-corrected chi connectivity index (χ3v) is 4.86. The van der Waals surface area contributed by atoms with Crippen LogP contribution in [0.3, 0.4) is 0 Å². The molecule has 0 radical (unpaired) electrons. The Labute approximate surface area is 95.6 Å². The first-order valence-electron chi connectivity index (χ1n) is 4.54. The van der Waals surface area contributed by atoms with Gasteiger partial charge in [-0.05, 0) is 24.1 Å². The SMILES string of the molecule is Cc1ccc(CS2(S)C=NN=C2)c(N)c1. The van der Waals surface area contributed by atoms with E-state index in [0.29, 0.717) is 0 Å². The number of nitrogen functional groups attached to an aromatic ring is 1. The minimum absolute atomic E-state index is 0.801. The Morgan fingerprint density at radius 2 is 2.00 bits per heavy atom. The van der Waals surface area contributed by atoms with Gasteiger partial charge in [-0.15, -0.1) is 20.7 Å². The zero-order valence-electron chi connectivity index (χ0n) is 8.42. The van der Waals surface area contributed by atoms with Crippen molar-refractivity contribution < 1.29 is 0 Å². The van der Waals surface area contributed by atoms with E-state index in [2.05, 4.69) is 34.0 Å². The number of nitrogens with zero attached hydrogens (tertiary/aromatic N) is 2. The highest BCUT2D eigenvalue weighted by atomic mass is 33.1. The second-order valence-electron chi connectivity index (χ2n) is 3.60. The largest absolute Gasteiger partial charge is 0.398 e. The maximum absolute atomic E-state index is 5.95. The van der Waals surface area contributed by atoms with Crippen molar-refractivity contribution in [3.63, 3.8) is 0 Å². The second-order valence-corrected chi connectivity index (χ2v) is 7.97. The van der Waals surface area contributed by atoms with Crippen molar-refractivity contribution in [1.82, 2.24) is 0 Å². The molecule has 2 rings (SSSR count). The van der Waals surface area contributed by atoms with Gasteiger partial charge in [0.2, 0.25) is 0 Å². The Hall–Kier alpha value is -0.940. The molecule has 0 unspecified atom stereocenters. The summed E-state index contributed by atoms with van der Waals surface area (Å²) in [6.07, 6.45) is 0. The Kier molecular flexibility index (Phi) is 2.75. The fourth-order valence-electron chi connectivity index (χ4n) is 1.41.